The summed E-state index contributed by atoms with van der Waals surface area (Å²) in [5.74, 6) is -2.09. The van der Waals surface area contributed by atoms with Gasteiger partial charge in [-0.05, 0) is 56.5 Å². The van der Waals surface area contributed by atoms with Crippen LogP contribution in [0, 0.1) is 5.92 Å². The summed E-state index contributed by atoms with van der Waals surface area (Å²) in [7, 11) is -3.88. The Balaban J connectivity index is 1.67. The van der Waals surface area contributed by atoms with E-state index in [-0.39, 0.29) is 61.7 Å². The normalized spacial score (nSPS) is 17.4. The van der Waals surface area contributed by atoms with Crippen LogP contribution < -0.4 is 10.6 Å². The van der Waals surface area contributed by atoms with Gasteiger partial charge in [0.1, 0.15) is 12.2 Å². The Hall–Kier alpha value is -3.61. The van der Waals surface area contributed by atoms with Gasteiger partial charge in [0.25, 0.3) is 0 Å². The number of rotatable bonds is 12. The molecule has 48 heavy (non-hydrogen) atoms. The molecule has 0 unspecified atom stereocenters. The van der Waals surface area contributed by atoms with E-state index < -0.39 is 37.4 Å². The van der Waals surface area contributed by atoms with Crippen molar-refractivity contribution in [2.45, 2.75) is 59.0 Å². The van der Waals surface area contributed by atoms with Crippen LogP contribution in [0.2, 0.25) is 10.2 Å². The van der Waals surface area contributed by atoms with Gasteiger partial charge in [-0.1, -0.05) is 60.0 Å². The molecule has 3 aromatic rings. The maximum atomic E-state index is 14.0. The Morgan fingerprint density at radius 3 is 2.48 bits per heavy atom. The first-order chi connectivity index (χ1) is 22.9. The van der Waals surface area contributed by atoms with E-state index >= 15 is 0 Å². The van der Waals surface area contributed by atoms with Gasteiger partial charge >= 0.3 is 7.60 Å². The molecule has 1 aromatic heterocycles. The number of hydrogen-bond donors (Lipinski definition) is 2. The van der Waals surface area contributed by atoms with Crippen molar-refractivity contribution < 1.29 is 32.8 Å². The van der Waals surface area contributed by atoms with Crippen LogP contribution in [0.25, 0.3) is 5.69 Å². The number of aromatic nitrogens is 3. The van der Waals surface area contributed by atoms with Crippen LogP contribution in [-0.2, 0) is 34.5 Å². The largest absolute Gasteiger partial charge is 0.350 e. The van der Waals surface area contributed by atoms with E-state index in [2.05, 4.69) is 20.9 Å². The molecule has 4 rings (SSSR count). The van der Waals surface area contributed by atoms with E-state index in [1.807, 2.05) is 0 Å². The molecule has 1 aliphatic rings. The summed E-state index contributed by atoms with van der Waals surface area (Å²) in [4.78, 5) is 55.9. The molecule has 2 N–H and O–H groups in total. The highest BCUT2D eigenvalue weighted by Gasteiger charge is 2.36. The van der Waals surface area contributed by atoms with Gasteiger partial charge in [-0.15, -0.1) is 5.10 Å². The predicted octanol–water partition coefficient (Wildman–Crippen LogP) is 5.69. The molecule has 0 saturated heterocycles. The molecule has 258 valence electrons. The minimum Gasteiger partial charge on any atom is -0.350 e. The molecule has 0 saturated carbocycles. The second-order valence-corrected chi connectivity index (χ2v) is 14.1. The SMILES string of the molecule is CCOP(=O)(CC(=O)N(CCC(=O)c1cc(Cl)ccc1-n1cc(Cl)nn1)[C@H]1CCC[C@@H](C)C(=O)Nc2ccccc2CNC1=O)OCC. The Morgan fingerprint density at radius 1 is 1.06 bits per heavy atom. The molecular weight excluding hydrogens is 682 g/mol. The average Bonchev–Trinajstić information content (AvgIpc) is 3.48. The summed E-state index contributed by atoms with van der Waals surface area (Å²) >= 11 is 12.2. The molecule has 3 amide bonds. The predicted molar refractivity (Wildman–Crippen MR) is 181 cm³/mol. The van der Waals surface area contributed by atoms with Crippen molar-refractivity contribution in [3.63, 3.8) is 0 Å². The highest BCUT2D eigenvalue weighted by atomic mass is 35.5. The molecule has 2 heterocycles. The number of para-hydroxylation sites is 1. The van der Waals surface area contributed by atoms with Crippen LogP contribution in [0.3, 0.4) is 0 Å². The van der Waals surface area contributed by atoms with Crippen molar-refractivity contribution in [2.24, 2.45) is 5.92 Å². The molecule has 16 heteroatoms. The average molecular weight is 722 g/mol. The number of fused-ring (bicyclic) bond motifs is 1. The molecule has 1 aliphatic heterocycles. The fourth-order valence-electron chi connectivity index (χ4n) is 5.41. The standard InChI is InChI=1S/C32H39Cl2N6O7P/c1-4-46-48(45,47-5-2)20-30(42)39(16-15-28(41)24-17-23(33)13-14-26(24)40-19-29(34)37-38-40)27-12-8-9-21(3)31(43)36-25-11-7-6-10-22(25)18-35-32(27)44/h6-7,10-11,13-14,17,19,21,27H,4-5,8-9,12,15-16,18,20H2,1-3H3,(H,35,44)(H,36,43)/t21-,27+/m1/s1. The summed E-state index contributed by atoms with van der Waals surface area (Å²) in [5, 5.41) is 14.0. The summed E-state index contributed by atoms with van der Waals surface area (Å²) in [6.45, 7) is 5.01. The number of carbonyl (C=O) groups excluding carboxylic acids is 4. The molecule has 0 fully saturated rings. The maximum Gasteiger partial charge on any atom is 0.340 e. The van der Waals surface area contributed by atoms with Crippen molar-refractivity contribution in [1.82, 2.24) is 25.2 Å². The molecule has 0 bridgehead atoms. The Kier molecular flexibility index (Phi) is 13.3. The quantitative estimate of drug-likeness (QED) is 0.177. The second-order valence-electron chi connectivity index (χ2n) is 11.2. The lowest BCUT2D eigenvalue weighted by molar-refractivity contribution is -0.139. The molecule has 0 spiro atoms. The minimum atomic E-state index is -3.88. The second kappa shape index (κ2) is 17.2. The molecule has 2 aromatic carbocycles. The van der Waals surface area contributed by atoms with Gasteiger partial charge in [-0.25, -0.2) is 4.68 Å². The zero-order chi connectivity index (χ0) is 34.8. The van der Waals surface area contributed by atoms with Crippen LogP contribution in [0.1, 0.15) is 62.4 Å². The molecule has 0 radical (unpaired) electrons. The van der Waals surface area contributed by atoms with Gasteiger partial charge in [0.15, 0.2) is 10.9 Å². The van der Waals surface area contributed by atoms with Crippen LogP contribution in [0.15, 0.2) is 48.7 Å². The smallest absolute Gasteiger partial charge is 0.340 e. The Morgan fingerprint density at radius 2 is 1.79 bits per heavy atom. The fraction of sp³-hybridized carbons (Fsp3) is 0.438. The van der Waals surface area contributed by atoms with E-state index in [4.69, 9.17) is 32.2 Å². The van der Waals surface area contributed by atoms with Crippen LogP contribution in [-0.4, -0.2) is 75.4 Å². The third-order valence-electron chi connectivity index (χ3n) is 7.82. The van der Waals surface area contributed by atoms with Gasteiger partial charge in [0.2, 0.25) is 17.7 Å². The Bertz CT molecular complexity index is 1680. The monoisotopic (exact) mass is 720 g/mol. The van der Waals surface area contributed by atoms with Gasteiger partial charge in [-0.2, -0.15) is 0 Å². The highest BCUT2D eigenvalue weighted by molar-refractivity contribution is 7.54. The van der Waals surface area contributed by atoms with E-state index in [1.165, 1.54) is 21.8 Å². The third-order valence-corrected chi connectivity index (χ3v) is 10.2. The number of amides is 3. The number of ketones is 1. The highest BCUT2D eigenvalue weighted by Crippen LogP contribution is 2.48. The van der Waals surface area contributed by atoms with Crippen LogP contribution in [0.4, 0.5) is 5.69 Å². The summed E-state index contributed by atoms with van der Waals surface area (Å²) < 4.78 is 25.6. The van der Waals surface area contributed by atoms with E-state index in [1.54, 1.807) is 57.2 Å². The third kappa shape index (κ3) is 9.73. The van der Waals surface area contributed by atoms with Gasteiger partial charge in [0.05, 0.1) is 25.1 Å². The van der Waals surface area contributed by atoms with Crippen LogP contribution >= 0.6 is 30.8 Å². The van der Waals surface area contributed by atoms with E-state index in [9.17, 15) is 23.7 Å². The first-order valence-corrected chi connectivity index (χ1v) is 18.2. The van der Waals surface area contributed by atoms with Crippen molar-refractivity contribution in [3.05, 3.63) is 70.0 Å². The number of Topliss-reactive ketones (excluding diaryl/α,β-unsaturated/α-hetero) is 1. The number of halogens is 2. The summed E-state index contributed by atoms with van der Waals surface area (Å²) in [6, 6.07) is 10.7. The van der Waals surface area contributed by atoms with Gasteiger partial charge in [0, 0.05) is 41.7 Å². The molecule has 13 nitrogen and oxygen atoms in total. The number of nitrogens with one attached hydrogen (secondary N) is 2. The maximum absolute atomic E-state index is 14.0. The van der Waals surface area contributed by atoms with Crippen molar-refractivity contribution >= 4 is 60.0 Å². The molecule has 2 atom stereocenters. The lowest BCUT2D eigenvalue weighted by Gasteiger charge is -2.32. The number of anilines is 1. The van der Waals surface area contributed by atoms with Crippen LogP contribution in [0.5, 0.6) is 0 Å². The lowest BCUT2D eigenvalue weighted by atomic mass is 9.98. The zero-order valence-electron chi connectivity index (χ0n) is 27.0. The summed E-state index contributed by atoms with van der Waals surface area (Å²) in [5.41, 5.74) is 1.82. The van der Waals surface area contributed by atoms with Gasteiger partial charge in [-0.3, -0.25) is 23.7 Å². The van der Waals surface area contributed by atoms with Crippen molar-refractivity contribution in [2.75, 3.05) is 31.2 Å². The minimum absolute atomic E-state index is 0.0379. The lowest BCUT2D eigenvalue weighted by Crippen LogP contribution is -2.51. The fourth-order valence-corrected chi connectivity index (χ4v) is 7.27. The first-order valence-electron chi connectivity index (χ1n) is 15.7. The van der Waals surface area contributed by atoms with Crippen molar-refractivity contribution in [3.8, 4) is 5.69 Å². The van der Waals surface area contributed by atoms with E-state index in [0.717, 1.165) is 0 Å². The summed E-state index contributed by atoms with van der Waals surface area (Å²) in [6.07, 6.45) is 1.60. The number of nitrogens with zero attached hydrogens (tertiary/aromatic N) is 4. The van der Waals surface area contributed by atoms with E-state index in [0.29, 0.717) is 34.8 Å². The topological polar surface area (TPSA) is 162 Å². The van der Waals surface area contributed by atoms with Gasteiger partial charge < -0.3 is 24.6 Å². The first kappa shape index (κ1) is 37.2. The molecule has 0 aliphatic carbocycles. The zero-order valence-corrected chi connectivity index (χ0v) is 29.4. The number of benzene rings is 2. The number of hydrogen-bond acceptors (Lipinski definition) is 9. The number of carbonyl (C=O) groups is 4. The molecular formula is C32H39Cl2N6O7P. The van der Waals surface area contributed by atoms with Crippen molar-refractivity contribution in [1.29, 1.82) is 0 Å². The Labute approximate surface area is 289 Å².